The van der Waals surface area contributed by atoms with E-state index >= 15 is 0 Å². The molecule has 1 aliphatic carbocycles. The maximum Gasteiger partial charge on any atom is 0.226 e. The van der Waals surface area contributed by atoms with E-state index in [2.05, 4.69) is 6.07 Å². The molecule has 2 fully saturated rings. The highest BCUT2D eigenvalue weighted by Crippen LogP contribution is 2.51. The molecule has 0 bridgehead atoms. The lowest BCUT2D eigenvalue weighted by atomic mass is 10.0. The van der Waals surface area contributed by atoms with Crippen molar-refractivity contribution in [3.05, 3.63) is 47.9 Å². The molecule has 1 aromatic carbocycles. The molecule has 0 spiro atoms. The smallest absolute Gasteiger partial charge is 0.226 e. The Morgan fingerprint density at radius 1 is 1.12 bits per heavy atom. The van der Waals surface area contributed by atoms with Crippen molar-refractivity contribution in [3.8, 4) is 11.5 Å². The minimum Gasteiger partial charge on any atom is -0.486 e. The molecule has 1 aromatic heterocycles. The van der Waals surface area contributed by atoms with Crippen LogP contribution in [0.2, 0.25) is 0 Å². The second-order valence-electron chi connectivity index (χ2n) is 7.03. The molecule has 1 amide bonds. The van der Waals surface area contributed by atoms with Crippen molar-refractivity contribution >= 4 is 5.91 Å². The molecule has 1 saturated carbocycles. The average molecular weight is 339 g/mol. The fourth-order valence-corrected chi connectivity index (χ4v) is 4.21. The summed E-state index contributed by atoms with van der Waals surface area (Å²) >= 11 is 0. The number of ether oxygens (including phenoxy) is 2. The SMILES string of the molecule is O=C([C@@H]1C[C@@H]1c1ccco1)N1CCC[C@@H]1c1cccc2c1OCCO2. The van der Waals surface area contributed by atoms with Gasteiger partial charge >= 0.3 is 0 Å². The van der Waals surface area contributed by atoms with Gasteiger partial charge in [-0.05, 0) is 37.5 Å². The predicted molar refractivity (Wildman–Crippen MR) is 90.7 cm³/mol. The van der Waals surface area contributed by atoms with Crippen molar-refractivity contribution in [3.63, 3.8) is 0 Å². The minimum absolute atomic E-state index is 0.0588. The Morgan fingerprint density at radius 3 is 2.92 bits per heavy atom. The Bertz CT molecular complexity index is 785. The van der Waals surface area contributed by atoms with Gasteiger partial charge in [-0.25, -0.2) is 0 Å². The highest BCUT2D eigenvalue weighted by molar-refractivity contribution is 5.83. The number of rotatable bonds is 3. The predicted octanol–water partition coefficient (Wildman–Crippen LogP) is 3.52. The van der Waals surface area contributed by atoms with Crippen LogP contribution in [-0.2, 0) is 4.79 Å². The number of carbonyl (C=O) groups is 1. The van der Waals surface area contributed by atoms with Gasteiger partial charge in [0.2, 0.25) is 5.91 Å². The van der Waals surface area contributed by atoms with Gasteiger partial charge in [0.25, 0.3) is 0 Å². The molecule has 3 aliphatic rings. The van der Waals surface area contributed by atoms with Crippen LogP contribution in [0.5, 0.6) is 11.5 Å². The first-order chi connectivity index (χ1) is 12.3. The number of hydrogen-bond acceptors (Lipinski definition) is 4. The van der Waals surface area contributed by atoms with Crippen LogP contribution < -0.4 is 9.47 Å². The van der Waals surface area contributed by atoms with Gasteiger partial charge in [0, 0.05) is 23.9 Å². The van der Waals surface area contributed by atoms with Crippen molar-refractivity contribution in [2.75, 3.05) is 19.8 Å². The minimum atomic E-state index is 0.0588. The number of furan rings is 1. The Balaban J connectivity index is 1.39. The second kappa shape index (κ2) is 5.83. The molecule has 0 N–H and O–H groups in total. The zero-order valence-electron chi connectivity index (χ0n) is 14.0. The summed E-state index contributed by atoms with van der Waals surface area (Å²) in [6.45, 7) is 1.96. The molecule has 0 radical (unpaired) electrons. The van der Waals surface area contributed by atoms with Crippen LogP contribution in [0, 0.1) is 5.92 Å². The third-order valence-electron chi connectivity index (χ3n) is 5.51. The summed E-state index contributed by atoms with van der Waals surface area (Å²) in [5, 5.41) is 0. The lowest BCUT2D eigenvalue weighted by Gasteiger charge is -2.29. The number of likely N-dealkylation sites (tertiary alicyclic amines) is 1. The molecule has 1 saturated heterocycles. The number of hydrogen-bond donors (Lipinski definition) is 0. The van der Waals surface area contributed by atoms with Gasteiger partial charge in [0.15, 0.2) is 11.5 Å². The molecule has 3 heterocycles. The number of para-hydroxylation sites is 1. The van der Waals surface area contributed by atoms with Gasteiger partial charge in [0.1, 0.15) is 19.0 Å². The number of benzene rings is 1. The molecular formula is C20H21NO4. The number of fused-ring (bicyclic) bond motifs is 1. The number of nitrogens with zero attached hydrogens (tertiary/aromatic N) is 1. The number of carbonyl (C=O) groups excluding carboxylic acids is 1. The van der Waals surface area contributed by atoms with E-state index < -0.39 is 0 Å². The van der Waals surface area contributed by atoms with E-state index in [-0.39, 0.29) is 23.8 Å². The molecule has 2 aromatic rings. The largest absolute Gasteiger partial charge is 0.486 e. The fraction of sp³-hybridized carbons (Fsp3) is 0.450. The van der Waals surface area contributed by atoms with Gasteiger partial charge in [0.05, 0.1) is 12.3 Å². The third-order valence-corrected chi connectivity index (χ3v) is 5.51. The average Bonchev–Trinajstić information content (AvgIpc) is 3.07. The quantitative estimate of drug-likeness (QED) is 0.858. The Labute approximate surface area is 146 Å². The lowest BCUT2D eigenvalue weighted by molar-refractivity contribution is -0.133. The summed E-state index contributed by atoms with van der Waals surface area (Å²) in [6.07, 6.45) is 4.58. The summed E-state index contributed by atoms with van der Waals surface area (Å²) < 4.78 is 17.1. The Hall–Kier alpha value is -2.43. The van der Waals surface area contributed by atoms with Crippen LogP contribution in [0.25, 0.3) is 0 Å². The normalized spacial score (nSPS) is 27.4. The van der Waals surface area contributed by atoms with Gasteiger partial charge in [-0.3, -0.25) is 4.79 Å². The van der Waals surface area contributed by atoms with Crippen molar-refractivity contribution in [1.29, 1.82) is 0 Å². The Morgan fingerprint density at radius 2 is 2.04 bits per heavy atom. The van der Waals surface area contributed by atoms with E-state index in [9.17, 15) is 4.79 Å². The van der Waals surface area contributed by atoms with Crippen LogP contribution in [0.1, 0.15) is 42.5 Å². The molecule has 5 heteroatoms. The highest BCUT2D eigenvalue weighted by Gasteiger charge is 2.49. The summed E-state index contributed by atoms with van der Waals surface area (Å²) in [6, 6.07) is 9.95. The molecule has 2 aliphatic heterocycles. The van der Waals surface area contributed by atoms with E-state index in [0.717, 1.165) is 48.6 Å². The molecule has 0 unspecified atom stereocenters. The topological polar surface area (TPSA) is 51.9 Å². The first-order valence-corrected chi connectivity index (χ1v) is 9.05. The van der Waals surface area contributed by atoms with Crippen molar-refractivity contribution in [2.24, 2.45) is 5.92 Å². The highest BCUT2D eigenvalue weighted by atomic mass is 16.6. The van der Waals surface area contributed by atoms with E-state index in [1.54, 1.807) is 6.26 Å². The maximum atomic E-state index is 13.1. The van der Waals surface area contributed by atoms with E-state index in [4.69, 9.17) is 13.9 Å². The zero-order chi connectivity index (χ0) is 16.8. The van der Waals surface area contributed by atoms with E-state index in [1.807, 2.05) is 29.2 Å². The van der Waals surface area contributed by atoms with Crippen LogP contribution in [0.3, 0.4) is 0 Å². The lowest BCUT2D eigenvalue weighted by Crippen LogP contribution is -2.32. The van der Waals surface area contributed by atoms with Crippen molar-refractivity contribution in [1.82, 2.24) is 4.90 Å². The van der Waals surface area contributed by atoms with Crippen LogP contribution in [0.15, 0.2) is 41.0 Å². The molecule has 130 valence electrons. The van der Waals surface area contributed by atoms with Crippen molar-refractivity contribution < 1.29 is 18.7 Å². The summed E-state index contributed by atoms with van der Waals surface area (Å²) in [5.41, 5.74) is 1.08. The first-order valence-electron chi connectivity index (χ1n) is 9.05. The molecule has 5 rings (SSSR count). The molecule has 3 atom stereocenters. The van der Waals surface area contributed by atoms with E-state index in [1.165, 1.54) is 0 Å². The maximum absolute atomic E-state index is 13.1. The third kappa shape index (κ3) is 2.49. The first kappa shape index (κ1) is 14.9. The van der Waals surface area contributed by atoms with Gasteiger partial charge in [-0.2, -0.15) is 0 Å². The summed E-state index contributed by atoms with van der Waals surface area (Å²) in [5.74, 6) is 3.09. The van der Waals surface area contributed by atoms with Crippen LogP contribution in [-0.4, -0.2) is 30.6 Å². The Kier molecular flexibility index (Phi) is 3.47. The van der Waals surface area contributed by atoms with Gasteiger partial charge in [-0.1, -0.05) is 12.1 Å². The molecule has 25 heavy (non-hydrogen) atoms. The fourth-order valence-electron chi connectivity index (χ4n) is 4.21. The van der Waals surface area contributed by atoms with Crippen molar-refractivity contribution in [2.45, 2.75) is 31.2 Å². The number of amides is 1. The van der Waals surface area contributed by atoms with Gasteiger partial charge < -0.3 is 18.8 Å². The summed E-state index contributed by atoms with van der Waals surface area (Å²) in [4.78, 5) is 15.1. The standard InChI is InChI=1S/C20H21NO4/c22-20(15-12-14(15)17-7-3-9-23-17)21-8-2-5-16(21)13-4-1-6-18-19(13)25-11-10-24-18/h1,3-4,6-7,9,14-16H,2,5,8,10-12H2/t14-,15+,16+/m0/s1. The van der Waals surface area contributed by atoms with Crippen LogP contribution in [0.4, 0.5) is 0 Å². The zero-order valence-corrected chi connectivity index (χ0v) is 14.0. The second-order valence-corrected chi connectivity index (χ2v) is 7.03. The summed E-state index contributed by atoms with van der Waals surface area (Å²) in [7, 11) is 0. The van der Waals surface area contributed by atoms with Crippen LogP contribution >= 0.6 is 0 Å². The molecule has 5 nitrogen and oxygen atoms in total. The van der Waals surface area contributed by atoms with E-state index in [0.29, 0.717) is 13.2 Å². The molecular weight excluding hydrogens is 318 g/mol. The monoisotopic (exact) mass is 339 g/mol. The van der Waals surface area contributed by atoms with Gasteiger partial charge in [-0.15, -0.1) is 0 Å².